The molecule has 176 valence electrons. The summed E-state index contributed by atoms with van der Waals surface area (Å²) in [5, 5.41) is 0. The van der Waals surface area contributed by atoms with Gasteiger partial charge in [-0.25, -0.2) is 0 Å². The zero-order chi connectivity index (χ0) is 21.6. The summed E-state index contributed by atoms with van der Waals surface area (Å²) < 4.78 is 0. The second-order valence-corrected chi connectivity index (χ2v) is 10.5. The maximum absolute atomic E-state index is 7.54. The summed E-state index contributed by atoms with van der Waals surface area (Å²) in [6.45, 7) is 9.26. The molecule has 0 aliphatic carbocycles. The minimum atomic E-state index is 0.0805. The Hall–Kier alpha value is 0.290. The molecule has 0 aliphatic rings. The minimum absolute atomic E-state index is 0.0805. The normalized spacial score (nSPS) is 13.1. The summed E-state index contributed by atoms with van der Waals surface area (Å²) >= 11 is 7.54. The standard InChI is InChI=1S/C28H57Cl/c1-5-9-13-17-18-20-24-27(23-19-14-10-6-2)28(29,25-21-15-11-7-3)26-22-16-12-8-4/h27H,5-26H2,1-4H3. The summed E-state index contributed by atoms with van der Waals surface area (Å²) in [6, 6.07) is 0. The molecule has 29 heavy (non-hydrogen) atoms. The van der Waals surface area contributed by atoms with E-state index in [9.17, 15) is 0 Å². The zero-order valence-corrected chi connectivity index (χ0v) is 21.8. The molecule has 0 rings (SSSR count). The molecule has 0 aromatic rings. The van der Waals surface area contributed by atoms with E-state index >= 15 is 0 Å². The fourth-order valence-corrected chi connectivity index (χ4v) is 5.36. The number of hydrogen-bond donors (Lipinski definition) is 0. The highest BCUT2D eigenvalue weighted by Gasteiger charge is 2.34. The highest BCUT2D eigenvalue weighted by atomic mass is 35.5. The molecule has 0 radical (unpaired) electrons. The second-order valence-electron chi connectivity index (χ2n) is 9.76. The molecule has 0 aliphatic heterocycles. The van der Waals surface area contributed by atoms with Crippen LogP contribution in [0.2, 0.25) is 0 Å². The molecule has 0 saturated heterocycles. The molecule has 1 unspecified atom stereocenters. The Labute approximate surface area is 191 Å². The number of unbranched alkanes of at least 4 members (excludes halogenated alkanes) is 14. The molecule has 0 N–H and O–H groups in total. The Morgan fingerprint density at radius 1 is 0.448 bits per heavy atom. The third-order valence-electron chi connectivity index (χ3n) is 6.94. The molecule has 1 atom stereocenters. The summed E-state index contributed by atoms with van der Waals surface area (Å²) in [5.41, 5.74) is 0. The maximum Gasteiger partial charge on any atom is 0.0475 e. The molecular weight excluding hydrogens is 372 g/mol. The van der Waals surface area contributed by atoms with Crippen LogP contribution < -0.4 is 0 Å². The molecule has 0 saturated carbocycles. The average Bonchev–Trinajstić information content (AvgIpc) is 2.72. The van der Waals surface area contributed by atoms with Crippen LogP contribution in [0.3, 0.4) is 0 Å². The second kappa shape index (κ2) is 21.5. The van der Waals surface area contributed by atoms with E-state index < -0.39 is 0 Å². The first-order valence-corrected chi connectivity index (χ1v) is 14.2. The summed E-state index contributed by atoms with van der Waals surface area (Å²) in [6.07, 6.45) is 30.1. The van der Waals surface area contributed by atoms with Gasteiger partial charge >= 0.3 is 0 Å². The first-order chi connectivity index (χ1) is 14.1. The lowest BCUT2D eigenvalue weighted by Gasteiger charge is -2.37. The topological polar surface area (TPSA) is 0 Å². The van der Waals surface area contributed by atoms with Crippen LogP contribution in [-0.4, -0.2) is 4.87 Å². The SMILES string of the molecule is CCCCCCCCC(CCCCCC)C(Cl)(CCCCCC)CCCCCC. The fourth-order valence-electron chi connectivity index (χ4n) is 4.87. The summed E-state index contributed by atoms with van der Waals surface area (Å²) in [4.78, 5) is 0.0805. The lowest BCUT2D eigenvalue weighted by molar-refractivity contribution is 0.264. The first kappa shape index (κ1) is 29.3. The molecule has 0 fully saturated rings. The minimum Gasteiger partial charge on any atom is -0.119 e. The van der Waals surface area contributed by atoms with Crippen LogP contribution in [0.25, 0.3) is 0 Å². The summed E-state index contributed by atoms with van der Waals surface area (Å²) in [5.74, 6) is 0.746. The predicted molar refractivity (Wildman–Crippen MR) is 136 cm³/mol. The lowest BCUT2D eigenvalue weighted by Crippen LogP contribution is -2.32. The van der Waals surface area contributed by atoms with E-state index in [0.717, 1.165) is 5.92 Å². The van der Waals surface area contributed by atoms with Gasteiger partial charge in [-0.15, -0.1) is 11.6 Å². The van der Waals surface area contributed by atoms with Crippen LogP contribution in [0.5, 0.6) is 0 Å². The molecule has 0 bridgehead atoms. The van der Waals surface area contributed by atoms with Crippen molar-refractivity contribution in [3.8, 4) is 0 Å². The smallest absolute Gasteiger partial charge is 0.0475 e. The fraction of sp³-hybridized carbons (Fsp3) is 1.00. The van der Waals surface area contributed by atoms with Crippen molar-refractivity contribution in [3.05, 3.63) is 0 Å². The van der Waals surface area contributed by atoms with E-state index in [1.165, 1.54) is 141 Å². The summed E-state index contributed by atoms with van der Waals surface area (Å²) in [7, 11) is 0. The third-order valence-corrected chi connectivity index (χ3v) is 7.62. The maximum atomic E-state index is 7.54. The first-order valence-electron chi connectivity index (χ1n) is 13.8. The van der Waals surface area contributed by atoms with Crippen molar-refractivity contribution in [2.45, 2.75) is 174 Å². The Morgan fingerprint density at radius 3 is 1.17 bits per heavy atom. The quantitative estimate of drug-likeness (QED) is 0.112. The Morgan fingerprint density at radius 2 is 0.759 bits per heavy atom. The Balaban J connectivity index is 4.80. The van der Waals surface area contributed by atoms with Gasteiger partial charge in [0.2, 0.25) is 0 Å². The van der Waals surface area contributed by atoms with E-state index in [0.29, 0.717) is 0 Å². The van der Waals surface area contributed by atoms with Crippen molar-refractivity contribution in [1.82, 2.24) is 0 Å². The molecule has 0 heterocycles. The number of hydrogen-bond acceptors (Lipinski definition) is 0. The molecular formula is C28H57Cl. The largest absolute Gasteiger partial charge is 0.119 e. The van der Waals surface area contributed by atoms with E-state index in [1.807, 2.05) is 0 Å². The van der Waals surface area contributed by atoms with Crippen LogP contribution in [0.1, 0.15) is 169 Å². The molecule has 0 nitrogen and oxygen atoms in total. The van der Waals surface area contributed by atoms with Gasteiger partial charge in [-0.05, 0) is 31.6 Å². The van der Waals surface area contributed by atoms with Crippen LogP contribution in [0.4, 0.5) is 0 Å². The number of halogens is 1. The Kier molecular flexibility index (Phi) is 21.7. The molecule has 0 aromatic carbocycles. The van der Waals surface area contributed by atoms with Crippen molar-refractivity contribution in [1.29, 1.82) is 0 Å². The van der Waals surface area contributed by atoms with Gasteiger partial charge in [0.15, 0.2) is 0 Å². The number of rotatable bonds is 23. The average molecular weight is 429 g/mol. The van der Waals surface area contributed by atoms with Gasteiger partial charge in [0.25, 0.3) is 0 Å². The van der Waals surface area contributed by atoms with Crippen LogP contribution in [0, 0.1) is 5.92 Å². The van der Waals surface area contributed by atoms with Gasteiger partial charge in [-0.2, -0.15) is 0 Å². The molecule has 0 spiro atoms. The highest BCUT2D eigenvalue weighted by molar-refractivity contribution is 6.24. The predicted octanol–water partition coefficient (Wildman–Crippen LogP) is 11.2. The van der Waals surface area contributed by atoms with Crippen molar-refractivity contribution < 1.29 is 0 Å². The van der Waals surface area contributed by atoms with Crippen LogP contribution in [-0.2, 0) is 0 Å². The lowest BCUT2D eigenvalue weighted by atomic mass is 9.77. The van der Waals surface area contributed by atoms with Gasteiger partial charge in [-0.1, -0.05) is 143 Å². The van der Waals surface area contributed by atoms with Crippen LogP contribution >= 0.6 is 11.6 Å². The van der Waals surface area contributed by atoms with Gasteiger partial charge in [-0.3, -0.25) is 0 Å². The van der Waals surface area contributed by atoms with E-state index in [-0.39, 0.29) is 4.87 Å². The van der Waals surface area contributed by atoms with Crippen LogP contribution in [0.15, 0.2) is 0 Å². The molecule has 1 heteroatoms. The van der Waals surface area contributed by atoms with Crippen molar-refractivity contribution >= 4 is 11.6 Å². The molecule has 0 aromatic heterocycles. The van der Waals surface area contributed by atoms with Gasteiger partial charge < -0.3 is 0 Å². The van der Waals surface area contributed by atoms with Gasteiger partial charge in [0.05, 0.1) is 0 Å². The van der Waals surface area contributed by atoms with Crippen molar-refractivity contribution in [2.75, 3.05) is 0 Å². The molecule has 0 amide bonds. The number of alkyl halides is 1. The monoisotopic (exact) mass is 428 g/mol. The third kappa shape index (κ3) is 16.6. The van der Waals surface area contributed by atoms with E-state index in [1.54, 1.807) is 0 Å². The van der Waals surface area contributed by atoms with Gasteiger partial charge in [0, 0.05) is 4.87 Å². The zero-order valence-electron chi connectivity index (χ0n) is 21.0. The van der Waals surface area contributed by atoms with Crippen molar-refractivity contribution in [2.24, 2.45) is 5.92 Å². The van der Waals surface area contributed by atoms with E-state index in [4.69, 9.17) is 11.6 Å². The van der Waals surface area contributed by atoms with Crippen molar-refractivity contribution in [3.63, 3.8) is 0 Å². The highest BCUT2D eigenvalue weighted by Crippen LogP contribution is 2.42. The Bertz CT molecular complexity index is 299. The van der Waals surface area contributed by atoms with Gasteiger partial charge in [0.1, 0.15) is 0 Å². The van der Waals surface area contributed by atoms with E-state index in [2.05, 4.69) is 27.7 Å².